The number of aryl methyl sites for hydroxylation is 2. The molecule has 3 aromatic rings. The first-order valence-corrected chi connectivity index (χ1v) is 5.66. The average molecular weight is 223 g/mol. The monoisotopic (exact) mass is 223 g/mol. The van der Waals surface area contributed by atoms with Crippen LogP contribution in [-0.2, 0) is 0 Å². The first-order valence-electron chi connectivity index (χ1n) is 5.66. The lowest BCUT2D eigenvalue weighted by Crippen LogP contribution is -1.79. The fourth-order valence-corrected chi connectivity index (χ4v) is 2.02. The van der Waals surface area contributed by atoms with Gasteiger partial charge in [-0.15, -0.1) is 0 Å². The molecule has 2 heterocycles. The molecule has 0 aliphatic heterocycles. The summed E-state index contributed by atoms with van der Waals surface area (Å²) in [5, 5.41) is 1.19. The minimum Gasteiger partial charge on any atom is -0.456 e. The van der Waals surface area contributed by atoms with Gasteiger partial charge in [-0.2, -0.15) is 0 Å². The van der Waals surface area contributed by atoms with E-state index < -0.39 is 0 Å². The van der Waals surface area contributed by atoms with E-state index in [1.807, 2.05) is 18.2 Å². The van der Waals surface area contributed by atoms with Gasteiger partial charge in [-0.1, -0.05) is 6.07 Å². The number of pyridine rings is 1. The van der Waals surface area contributed by atoms with Gasteiger partial charge in [0.05, 0.1) is 0 Å². The molecule has 2 heteroatoms. The van der Waals surface area contributed by atoms with Crippen LogP contribution >= 0.6 is 0 Å². The Kier molecular flexibility index (Phi) is 2.22. The Hall–Kier alpha value is -2.09. The maximum atomic E-state index is 5.86. The quantitative estimate of drug-likeness (QED) is 0.620. The smallest absolute Gasteiger partial charge is 0.135 e. The summed E-state index contributed by atoms with van der Waals surface area (Å²) in [6.45, 7) is 4.25. The van der Waals surface area contributed by atoms with E-state index in [1.165, 1.54) is 16.5 Å². The van der Waals surface area contributed by atoms with Crippen LogP contribution in [0.25, 0.3) is 22.3 Å². The molecule has 0 aliphatic carbocycles. The molecule has 3 rings (SSSR count). The van der Waals surface area contributed by atoms with E-state index in [1.54, 1.807) is 12.4 Å². The first kappa shape index (κ1) is 10.1. The zero-order chi connectivity index (χ0) is 11.8. The molecule has 2 aromatic heterocycles. The predicted molar refractivity (Wildman–Crippen MR) is 68.9 cm³/mol. The van der Waals surface area contributed by atoms with Crippen molar-refractivity contribution in [2.45, 2.75) is 13.8 Å². The molecular formula is C15H13NO. The molecule has 1 aromatic carbocycles. The Bertz CT molecular complexity index is 668. The highest BCUT2D eigenvalue weighted by Gasteiger charge is 2.08. The molecular weight excluding hydrogens is 210 g/mol. The van der Waals surface area contributed by atoms with E-state index in [0.29, 0.717) is 0 Å². The maximum absolute atomic E-state index is 5.86. The summed E-state index contributed by atoms with van der Waals surface area (Å²) in [5.74, 6) is 0.899. The number of hydrogen-bond donors (Lipinski definition) is 0. The first-order chi connectivity index (χ1) is 8.25. The van der Waals surface area contributed by atoms with Crippen LogP contribution in [-0.4, -0.2) is 4.98 Å². The minimum atomic E-state index is 0.899. The van der Waals surface area contributed by atoms with Crippen molar-refractivity contribution in [1.82, 2.24) is 4.98 Å². The van der Waals surface area contributed by atoms with Crippen molar-refractivity contribution >= 4 is 11.0 Å². The van der Waals surface area contributed by atoms with Gasteiger partial charge in [-0.3, -0.25) is 4.98 Å². The van der Waals surface area contributed by atoms with Gasteiger partial charge < -0.3 is 4.42 Å². The third-order valence-electron chi connectivity index (χ3n) is 3.21. The van der Waals surface area contributed by atoms with Crippen molar-refractivity contribution in [1.29, 1.82) is 0 Å². The standard InChI is InChI=1S/C15H13NO/c1-10-3-4-14-13(11(10)2)9-15(17-14)12-5-7-16-8-6-12/h3-9H,1-2H3. The van der Waals surface area contributed by atoms with Crippen molar-refractivity contribution in [3.8, 4) is 11.3 Å². The third-order valence-corrected chi connectivity index (χ3v) is 3.21. The largest absolute Gasteiger partial charge is 0.456 e. The summed E-state index contributed by atoms with van der Waals surface area (Å²) in [4.78, 5) is 4.01. The highest BCUT2D eigenvalue weighted by atomic mass is 16.3. The van der Waals surface area contributed by atoms with E-state index in [9.17, 15) is 0 Å². The maximum Gasteiger partial charge on any atom is 0.135 e. The Morgan fingerprint density at radius 1 is 1.00 bits per heavy atom. The van der Waals surface area contributed by atoms with E-state index in [-0.39, 0.29) is 0 Å². The molecule has 0 bridgehead atoms. The lowest BCUT2D eigenvalue weighted by Gasteiger charge is -1.98. The normalized spacial score (nSPS) is 10.9. The summed E-state index contributed by atoms with van der Waals surface area (Å²) < 4.78 is 5.86. The number of hydrogen-bond acceptors (Lipinski definition) is 2. The van der Waals surface area contributed by atoms with Crippen LogP contribution in [0.1, 0.15) is 11.1 Å². The van der Waals surface area contributed by atoms with Gasteiger partial charge in [0.15, 0.2) is 0 Å². The van der Waals surface area contributed by atoms with Crippen molar-refractivity contribution in [2.75, 3.05) is 0 Å². The molecule has 0 spiro atoms. The highest BCUT2D eigenvalue weighted by molar-refractivity contribution is 5.86. The summed E-state index contributed by atoms with van der Waals surface area (Å²) >= 11 is 0. The molecule has 0 saturated heterocycles. The van der Waals surface area contributed by atoms with Crippen molar-refractivity contribution in [2.24, 2.45) is 0 Å². The third kappa shape index (κ3) is 1.62. The van der Waals surface area contributed by atoms with Crippen LogP contribution in [0.15, 0.2) is 47.1 Å². The number of fused-ring (bicyclic) bond motifs is 1. The zero-order valence-corrected chi connectivity index (χ0v) is 9.90. The lowest BCUT2D eigenvalue weighted by atomic mass is 10.1. The van der Waals surface area contributed by atoms with Gasteiger partial charge in [0.1, 0.15) is 11.3 Å². The van der Waals surface area contributed by atoms with Crippen LogP contribution in [0.2, 0.25) is 0 Å². The predicted octanol–water partition coefficient (Wildman–Crippen LogP) is 4.11. The zero-order valence-electron chi connectivity index (χ0n) is 9.90. The Morgan fingerprint density at radius 3 is 2.53 bits per heavy atom. The average Bonchev–Trinajstić information content (AvgIpc) is 2.80. The second-order valence-electron chi connectivity index (χ2n) is 4.27. The van der Waals surface area contributed by atoms with E-state index in [4.69, 9.17) is 4.42 Å². The van der Waals surface area contributed by atoms with Gasteiger partial charge in [0, 0.05) is 23.3 Å². The molecule has 2 nitrogen and oxygen atoms in total. The van der Waals surface area contributed by atoms with Gasteiger partial charge in [-0.05, 0) is 49.2 Å². The molecule has 84 valence electrons. The van der Waals surface area contributed by atoms with Gasteiger partial charge in [-0.25, -0.2) is 0 Å². The summed E-state index contributed by atoms with van der Waals surface area (Å²) in [7, 11) is 0. The SMILES string of the molecule is Cc1ccc2oc(-c3ccncc3)cc2c1C. The van der Waals surface area contributed by atoms with Crippen LogP contribution < -0.4 is 0 Å². The van der Waals surface area contributed by atoms with Crippen molar-refractivity contribution < 1.29 is 4.42 Å². The molecule has 0 aliphatic rings. The Morgan fingerprint density at radius 2 is 1.76 bits per heavy atom. The number of nitrogens with zero attached hydrogens (tertiary/aromatic N) is 1. The van der Waals surface area contributed by atoms with Gasteiger partial charge in [0.25, 0.3) is 0 Å². The van der Waals surface area contributed by atoms with Gasteiger partial charge in [0.2, 0.25) is 0 Å². The number of aromatic nitrogens is 1. The van der Waals surface area contributed by atoms with Crippen LogP contribution in [0.4, 0.5) is 0 Å². The topological polar surface area (TPSA) is 26.0 Å². The summed E-state index contributed by atoms with van der Waals surface area (Å²) in [6, 6.07) is 10.1. The molecule has 0 saturated carbocycles. The summed E-state index contributed by atoms with van der Waals surface area (Å²) in [5.41, 5.74) is 4.58. The minimum absolute atomic E-state index is 0.899. The number of furan rings is 1. The summed E-state index contributed by atoms with van der Waals surface area (Å²) in [6.07, 6.45) is 3.56. The van der Waals surface area contributed by atoms with E-state index in [0.717, 1.165) is 16.9 Å². The number of rotatable bonds is 1. The highest BCUT2D eigenvalue weighted by Crippen LogP contribution is 2.30. The van der Waals surface area contributed by atoms with Crippen LogP contribution in [0.3, 0.4) is 0 Å². The fourth-order valence-electron chi connectivity index (χ4n) is 2.02. The van der Waals surface area contributed by atoms with Crippen LogP contribution in [0.5, 0.6) is 0 Å². The molecule has 0 radical (unpaired) electrons. The molecule has 17 heavy (non-hydrogen) atoms. The molecule has 0 unspecified atom stereocenters. The molecule has 0 N–H and O–H groups in total. The van der Waals surface area contributed by atoms with Gasteiger partial charge >= 0.3 is 0 Å². The lowest BCUT2D eigenvalue weighted by molar-refractivity contribution is 0.631. The van der Waals surface area contributed by atoms with Crippen LogP contribution in [0, 0.1) is 13.8 Å². The van der Waals surface area contributed by atoms with E-state index >= 15 is 0 Å². The van der Waals surface area contributed by atoms with Crippen molar-refractivity contribution in [3.63, 3.8) is 0 Å². The second kappa shape index (κ2) is 3.74. The Balaban J connectivity index is 2.24. The van der Waals surface area contributed by atoms with E-state index in [2.05, 4.69) is 31.0 Å². The fraction of sp³-hybridized carbons (Fsp3) is 0.133. The Labute approximate surface area is 99.9 Å². The molecule has 0 amide bonds. The molecule has 0 fully saturated rings. The molecule has 0 atom stereocenters. The second-order valence-corrected chi connectivity index (χ2v) is 4.27. The number of benzene rings is 1. The van der Waals surface area contributed by atoms with Crippen molar-refractivity contribution in [3.05, 3.63) is 53.9 Å².